The molecule has 2 N–H and O–H groups in total. The monoisotopic (exact) mass is 448 g/mol. The van der Waals surface area contributed by atoms with Crippen molar-refractivity contribution in [2.45, 2.75) is 39.8 Å². The molecule has 2 rings (SSSR count). The maximum absolute atomic E-state index is 4.59. The fraction of sp³-hybridized carbons (Fsp3) is 0.533. The van der Waals surface area contributed by atoms with E-state index in [1.54, 1.807) is 17.5 Å². The van der Waals surface area contributed by atoms with Gasteiger partial charge in [-0.1, -0.05) is 6.92 Å². The van der Waals surface area contributed by atoms with Gasteiger partial charge in [0.05, 0.1) is 12.9 Å². The first-order valence-electron chi connectivity index (χ1n) is 7.73. The Morgan fingerprint density at radius 1 is 1.35 bits per heavy atom. The number of rotatable bonds is 8. The third-order valence-electron chi connectivity index (χ3n) is 3.11. The molecule has 0 radical (unpaired) electrons. The number of halogens is 1. The normalized spacial score (nSPS) is 11.1. The highest BCUT2D eigenvalue weighted by atomic mass is 127. The molecule has 0 bridgehead atoms. The molecule has 0 aliphatic carbocycles. The summed E-state index contributed by atoms with van der Waals surface area (Å²) in [7, 11) is 0. The van der Waals surface area contributed by atoms with Crippen LogP contribution in [-0.4, -0.2) is 33.6 Å². The van der Waals surface area contributed by atoms with Crippen LogP contribution in [0.2, 0.25) is 0 Å². The van der Waals surface area contributed by atoms with Crippen molar-refractivity contribution in [3.8, 4) is 0 Å². The fourth-order valence-corrected chi connectivity index (χ4v) is 2.75. The number of nitrogens with one attached hydrogen (secondary N) is 2. The summed E-state index contributed by atoms with van der Waals surface area (Å²) in [5.41, 5.74) is 0. The molecule has 0 spiro atoms. The molecular formula is C15H25IN6S. The fourth-order valence-electron chi connectivity index (χ4n) is 1.96. The van der Waals surface area contributed by atoms with Crippen molar-refractivity contribution < 1.29 is 0 Å². The van der Waals surface area contributed by atoms with E-state index in [2.05, 4.69) is 44.0 Å². The van der Waals surface area contributed by atoms with Gasteiger partial charge in [0.1, 0.15) is 5.01 Å². The summed E-state index contributed by atoms with van der Waals surface area (Å²) in [4.78, 5) is 14.3. The topological polar surface area (TPSA) is 67.1 Å². The Morgan fingerprint density at radius 3 is 2.87 bits per heavy atom. The van der Waals surface area contributed by atoms with Gasteiger partial charge in [-0.3, -0.25) is 0 Å². The van der Waals surface area contributed by atoms with E-state index >= 15 is 0 Å². The van der Waals surface area contributed by atoms with Gasteiger partial charge in [-0.2, -0.15) is 0 Å². The summed E-state index contributed by atoms with van der Waals surface area (Å²) < 4.78 is 2.08. The summed E-state index contributed by atoms with van der Waals surface area (Å²) in [5, 5.41) is 7.68. The Hall–Kier alpha value is -1.16. The molecule has 0 aliphatic rings. The van der Waals surface area contributed by atoms with Crippen LogP contribution in [0.5, 0.6) is 0 Å². The van der Waals surface area contributed by atoms with Crippen molar-refractivity contribution in [1.82, 2.24) is 25.2 Å². The predicted octanol–water partition coefficient (Wildman–Crippen LogP) is 2.67. The highest BCUT2D eigenvalue weighted by molar-refractivity contribution is 14.0. The van der Waals surface area contributed by atoms with Crippen LogP contribution in [0.4, 0.5) is 0 Å². The van der Waals surface area contributed by atoms with Gasteiger partial charge < -0.3 is 15.2 Å². The van der Waals surface area contributed by atoms with E-state index in [0.29, 0.717) is 6.54 Å². The van der Waals surface area contributed by atoms with Crippen LogP contribution < -0.4 is 10.6 Å². The highest BCUT2D eigenvalue weighted by Gasteiger charge is 2.01. The summed E-state index contributed by atoms with van der Waals surface area (Å²) in [5.74, 6) is 0.848. The Balaban J connectivity index is 0.00000264. The second kappa shape index (κ2) is 11.4. The van der Waals surface area contributed by atoms with Crippen LogP contribution in [-0.2, 0) is 19.5 Å². The van der Waals surface area contributed by atoms with Gasteiger partial charge in [0.2, 0.25) is 0 Å². The Labute approximate surface area is 158 Å². The minimum atomic E-state index is 0. The van der Waals surface area contributed by atoms with Crippen LogP contribution in [0.15, 0.2) is 29.9 Å². The first-order valence-corrected chi connectivity index (χ1v) is 8.55. The molecule has 128 valence electrons. The molecule has 6 nitrogen and oxygen atoms in total. The van der Waals surface area contributed by atoms with E-state index in [4.69, 9.17) is 0 Å². The molecule has 2 heterocycles. The van der Waals surface area contributed by atoms with Gasteiger partial charge in [-0.15, -0.1) is 35.3 Å². The number of imidazole rings is 1. The van der Waals surface area contributed by atoms with Crippen LogP contribution in [0.25, 0.3) is 0 Å². The van der Waals surface area contributed by atoms with E-state index in [1.165, 1.54) is 4.88 Å². The van der Waals surface area contributed by atoms with Crippen molar-refractivity contribution in [3.05, 3.63) is 34.8 Å². The molecule has 8 heteroatoms. The number of aryl methyl sites for hydroxylation is 2. The molecule has 2 aromatic heterocycles. The molecule has 0 atom stereocenters. The summed E-state index contributed by atoms with van der Waals surface area (Å²) in [6.45, 7) is 7.53. The Bertz CT molecular complexity index is 566. The molecule has 23 heavy (non-hydrogen) atoms. The molecular weight excluding hydrogens is 423 g/mol. The third-order valence-corrected chi connectivity index (χ3v) is 4.24. The zero-order chi connectivity index (χ0) is 15.6. The summed E-state index contributed by atoms with van der Waals surface area (Å²) in [6.07, 6.45) is 9.63. The number of hydrogen-bond donors (Lipinski definition) is 2. The van der Waals surface area contributed by atoms with Gasteiger partial charge in [-0.25, -0.2) is 15.0 Å². The maximum atomic E-state index is 4.59. The van der Waals surface area contributed by atoms with Gasteiger partial charge in [0, 0.05) is 43.1 Å². The lowest BCUT2D eigenvalue weighted by Gasteiger charge is -2.11. The second-order valence-corrected chi connectivity index (χ2v) is 6.05. The van der Waals surface area contributed by atoms with Crippen molar-refractivity contribution >= 4 is 41.3 Å². The number of nitrogens with zero attached hydrogens (tertiary/aromatic N) is 4. The minimum absolute atomic E-state index is 0. The van der Waals surface area contributed by atoms with E-state index < -0.39 is 0 Å². The molecule has 0 aromatic carbocycles. The summed E-state index contributed by atoms with van der Waals surface area (Å²) >= 11 is 1.74. The third kappa shape index (κ3) is 7.30. The molecule has 0 unspecified atom stereocenters. The van der Waals surface area contributed by atoms with Crippen molar-refractivity contribution in [2.75, 3.05) is 13.1 Å². The SMILES string of the molecule is CCNC(=NCc1ncc(CC)s1)NCCCn1ccnc1.I. The first kappa shape index (κ1) is 19.9. The number of guanidine groups is 1. The van der Waals surface area contributed by atoms with E-state index in [0.717, 1.165) is 43.4 Å². The minimum Gasteiger partial charge on any atom is -0.357 e. The average Bonchev–Trinajstić information content (AvgIpc) is 3.20. The van der Waals surface area contributed by atoms with Crippen LogP contribution in [0.1, 0.15) is 30.2 Å². The molecule has 0 saturated heterocycles. The number of thiazole rings is 1. The average molecular weight is 448 g/mol. The van der Waals surface area contributed by atoms with Crippen molar-refractivity contribution in [2.24, 2.45) is 4.99 Å². The smallest absolute Gasteiger partial charge is 0.191 e. The van der Waals surface area contributed by atoms with Gasteiger partial charge in [0.15, 0.2) is 5.96 Å². The van der Waals surface area contributed by atoms with Crippen molar-refractivity contribution in [1.29, 1.82) is 0 Å². The maximum Gasteiger partial charge on any atom is 0.191 e. The molecule has 0 aliphatic heterocycles. The lowest BCUT2D eigenvalue weighted by atomic mass is 10.4. The number of aliphatic imine (C=N–C) groups is 1. The van der Waals surface area contributed by atoms with E-state index in [9.17, 15) is 0 Å². The quantitative estimate of drug-likeness (QED) is 0.282. The zero-order valence-corrected chi connectivity index (χ0v) is 16.8. The molecule has 0 fully saturated rings. The largest absolute Gasteiger partial charge is 0.357 e. The first-order chi connectivity index (χ1) is 10.8. The summed E-state index contributed by atoms with van der Waals surface area (Å²) in [6, 6.07) is 0. The van der Waals surface area contributed by atoms with Crippen molar-refractivity contribution in [3.63, 3.8) is 0 Å². The van der Waals surface area contributed by atoms with Gasteiger partial charge in [-0.05, 0) is 19.8 Å². The van der Waals surface area contributed by atoms with E-state index in [1.807, 2.05) is 18.7 Å². The predicted molar refractivity (Wildman–Crippen MR) is 107 cm³/mol. The molecule has 2 aromatic rings. The van der Waals surface area contributed by atoms with Gasteiger partial charge in [0.25, 0.3) is 0 Å². The Kier molecular flexibility index (Phi) is 9.85. The second-order valence-electron chi connectivity index (χ2n) is 4.85. The standard InChI is InChI=1S/C15H24N6S.HI/c1-3-13-10-19-14(22-13)11-20-15(17-4-2)18-6-5-8-21-9-7-16-12-21;/h7,9-10,12H,3-6,8,11H2,1-2H3,(H2,17,18,20);1H. The van der Waals surface area contributed by atoms with Crippen LogP contribution >= 0.6 is 35.3 Å². The van der Waals surface area contributed by atoms with Crippen LogP contribution in [0, 0.1) is 0 Å². The molecule has 0 amide bonds. The lowest BCUT2D eigenvalue weighted by molar-refractivity contribution is 0.624. The van der Waals surface area contributed by atoms with Gasteiger partial charge >= 0.3 is 0 Å². The number of hydrogen-bond acceptors (Lipinski definition) is 4. The molecule has 0 saturated carbocycles. The lowest BCUT2D eigenvalue weighted by Crippen LogP contribution is -2.38. The van der Waals surface area contributed by atoms with Crippen LogP contribution in [0.3, 0.4) is 0 Å². The highest BCUT2D eigenvalue weighted by Crippen LogP contribution is 2.13. The number of aromatic nitrogens is 3. The Morgan fingerprint density at radius 2 is 2.22 bits per heavy atom. The van der Waals surface area contributed by atoms with E-state index in [-0.39, 0.29) is 24.0 Å². The zero-order valence-electron chi connectivity index (χ0n) is 13.7.